The van der Waals surface area contributed by atoms with Crippen LogP contribution in [-0.2, 0) is 16.0 Å². The van der Waals surface area contributed by atoms with Gasteiger partial charge < -0.3 is 14.7 Å². The molecular weight excluding hydrogens is 332 g/mol. The summed E-state index contributed by atoms with van der Waals surface area (Å²) in [5.74, 6) is -1.22. The number of hydrogen-bond acceptors (Lipinski definition) is 5. The van der Waals surface area contributed by atoms with E-state index in [1.54, 1.807) is 0 Å². The third kappa shape index (κ3) is 5.08. The van der Waals surface area contributed by atoms with Gasteiger partial charge in [0.25, 0.3) is 0 Å². The van der Waals surface area contributed by atoms with Gasteiger partial charge in [-0.15, -0.1) is 0 Å². The van der Waals surface area contributed by atoms with E-state index in [1.165, 1.54) is 43.7 Å². The minimum atomic E-state index is -0.754. The number of anilines is 2. The van der Waals surface area contributed by atoms with E-state index in [4.69, 9.17) is 0 Å². The first-order valence-electron chi connectivity index (χ1n) is 9.06. The first kappa shape index (κ1) is 18.0. The summed E-state index contributed by atoms with van der Waals surface area (Å²) in [6.45, 7) is 2.64. The van der Waals surface area contributed by atoms with Crippen LogP contribution in [-0.4, -0.2) is 36.6 Å². The van der Waals surface area contributed by atoms with Gasteiger partial charge in [-0.1, -0.05) is 30.1 Å². The van der Waals surface area contributed by atoms with Crippen LogP contribution in [0.1, 0.15) is 31.2 Å². The minimum Gasteiger partial charge on any atom is -0.372 e. The molecule has 1 aromatic heterocycles. The zero-order chi connectivity index (χ0) is 18.2. The van der Waals surface area contributed by atoms with E-state index in [9.17, 15) is 9.59 Å². The van der Waals surface area contributed by atoms with Gasteiger partial charge in [-0.25, -0.2) is 0 Å². The first-order chi connectivity index (χ1) is 12.7. The monoisotopic (exact) mass is 356 g/mol. The molecule has 2 N–H and O–H groups in total. The quantitative estimate of drug-likeness (QED) is 0.803. The SMILES string of the molecule is O=C(NCCc1ccc(N2CCCCCC2)cc1)C(=O)Nc1ccon1. The highest BCUT2D eigenvalue weighted by Crippen LogP contribution is 2.20. The highest BCUT2D eigenvalue weighted by molar-refractivity contribution is 6.39. The van der Waals surface area contributed by atoms with Gasteiger partial charge in [0.05, 0.1) is 0 Å². The highest BCUT2D eigenvalue weighted by atomic mass is 16.5. The van der Waals surface area contributed by atoms with Crippen LogP contribution >= 0.6 is 0 Å². The summed E-state index contributed by atoms with van der Waals surface area (Å²) in [6, 6.07) is 9.92. The van der Waals surface area contributed by atoms with Gasteiger partial charge in [0.15, 0.2) is 5.82 Å². The molecule has 138 valence electrons. The molecule has 3 rings (SSSR count). The van der Waals surface area contributed by atoms with Crippen molar-refractivity contribution in [3.05, 3.63) is 42.2 Å². The van der Waals surface area contributed by atoms with Gasteiger partial charge in [0.2, 0.25) is 0 Å². The Morgan fingerprint density at radius 2 is 1.73 bits per heavy atom. The molecule has 0 aliphatic carbocycles. The summed E-state index contributed by atoms with van der Waals surface area (Å²) >= 11 is 0. The highest BCUT2D eigenvalue weighted by Gasteiger charge is 2.14. The number of benzene rings is 1. The number of rotatable bonds is 5. The maximum Gasteiger partial charge on any atom is 0.314 e. The van der Waals surface area contributed by atoms with Crippen LogP contribution in [0.2, 0.25) is 0 Å². The summed E-state index contributed by atoms with van der Waals surface area (Å²) in [5.41, 5.74) is 2.38. The number of amides is 2. The normalized spacial score (nSPS) is 14.5. The fourth-order valence-corrected chi connectivity index (χ4v) is 3.05. The molecule has 2 heterocycles. The molecule has 1 aliphatic heterocycles. The van der Waals surface area contributed by atoms with Crippen LogP contribution in [0.5, 0.6) is 0 Å². The Kier molecular flexibility index (Phi) is 6.24. The van der Waals surface area contributed by atoms with Crippen molar-refractivity contribution in [3.63, 3.8) is 0 Å². The molecule has 0 atom stereocenters. The number of nitrogens with one attached hydrogen (secondary N) is 2. The lowest BCUT2D eigenvalue weighted by atomic mass is 10.1. The molecule has 0 bridgehead atoms. The minimum absolute atomic E-state index is 0.217. The lowest BCUT2D eigenvalue weighted by Gasteiger charge is -2.22. The van der Waals surface area contributed by atoms with E-state index < -0.39 is 11.8 Å². The second kappa shape index (κ2) is 9.03. The van der Waals surface area contributed by atoms with E-state index in [0.717, 1.165) is 18.7 Å². The van der Waals surface area contributed by atoms with Crippen LogP contribution in [0.3, 0.4) is 0 Å². The molecule has 0 radical (unpaired) electrons. The van der Waals surface area contributed by atoms with Gasteiger partial charge in [0, 0.05) is 31.4 Å². The molecule has 1 aliphatic rings. The molecule has 7 heteroatoms. The van der Waals surface area contributed by atoms with Crippen molar-refractivity contribution in [1.82, 2.24) is 10.5 Å². The van der Waals surface area contributed by atoms with Crippen LogP contribution < -0.4 is 15.5 Å². The summed E-state index contributed by atoms with van der Waals surface area (Å²) in [6.07, 6.45) is 7.14. The molecule has 7 nitrogen and oxygen atoms in total. The molecule has 1 aromatic carbocycles. The number of carbonyl (C=O) groups is 2. The molecule has 2 amide bonds. The van der Waals surface area contributed by atoms with Gasteiger partial charge in [-0.2, -0.15) is 0 Å². The van der Waals surface area contributed by atoms with Crippen LogP contribution in [0.15, 0.2) is 41.1 Å². The van der Waals surface area contributed by atoms with Crippen molar-refractivity contribution in [2.45, 2.75) is 32.1 Å². The molecule has 0 saturated carbocycles. The fourth-order valence-electron chi connectivity index (χ4n) is 3.05. The molecule has 0 unspecified atom stereocenters. The van der Waals surface area contributed by atoms with E-state index in [1.807, 2.05) is 0 Å². The molecule has 0 spiro atoms. The maximum absolute atomic E-state index is 11.8. The van der Waals surface area contributed by atoms with Crippen LogP contribution in [0, 0.1) is 0 Å². The zero-order valence-corrected chi connectivity index (χ0v) is 14.7. The lowest BCUT2D eigenvalue weighted by molar-refractivity contribution is -0.136. The molecule has 26 heavy (non-hydrogen) atoms. The van der Waals surface area contributed by atoms with Crippen LogP contribution in [0.25, 0.3) is 0 Å². The maximum atomic E-state index is 11.8. The second-order valence-electron chi connectivity index (χ2n) is 6.41. The molecule has 1 fully saturated rings. The van der Waals surface area contributed by atoms with Gasteiger partial charge in [0.1, 0.15) is 6.26 Å². The van der Waals surface area contributed by atoms with Crippen molar-refractivity contribution >= 4 is 23.3 Å². The second-order valence-corrected chi connectivity index (χ2v) is 6.41. The predicted molar refractivity (Wildman–Crippen MR) is 99.0 cm³/mol. The Morgan fingerprint density at radius 3 is 2.38 bits per heavy atom. The van der Waals surface area contributed by atoms with Gasteiger partial charge >= 0.3 is 11.8 Å². The Hall–Kier alpha value is -2.83. The van der Waals surface area contributed by atoms with E-state index in [-0.39, 0.29) is 5.82 Å². The third-order valence-electron chi connectivity index (χ3n) is 4.49. The Balaban J connectivity index is 1.43. The Morgan fingerprint density at radius 1 is 1.00 bits per heavy atom. The third-order valence-corrected chi connectivity index (χ3v) is 4.49. The van der Waals surface area contributed by atoms with Crippen molar-refractivity contribution in [2.75, 3.05) is 29.9 Å². The molecule has 1 saturated heterocycles. The van der Waals surface area contributed by atoms with Gasteiger partial charge in [-0.3, -0.25) is 14.9 Å². The smallest absolute Gasteiger partial charge is 0.314 e. The average molecular weight is 356 g/mol. The lowest BCUT2D eigenvalue weighted by Crippen LogP contribution is -2.36. The van der Waals surface area contributed by atoms with E-state index in [0.29, 0.717) is 13.0 Å². The molecule has 2 aromatic rings. The van der Waals surface area contributed by atoms with E-state index in [2.05, 4.69) is 49.5 Å². The standard InChI is InChI=1S/C19H24N4O3/c24-18(19(25)21-17-10-14-26-22-17)20-11-9-15-5-7-16(8-6-15)23-12-3-1-2-4-13-23/h5-8,10,14H,1-4,9,11-13H2,(H,20,24)(H,21,22,25). The fraction of sp³-hybridized carbons (Fsp3) is 0.421. The van der Waals surface area contributed by atoms with Gasteiger partial charge in [-0.05, 0) is 37.0 Å². The molecular formula is C19H24N4O3. The Bertz CT molecular complexity index is 705. The first-order valence-corrected chi connectivity index (χ1v) is 9.06. The summed E-state index contributed by atoms with van der Waals surface area (Å²) < 4.78 is 4.59. The van der Waals surface area contributed by atoms with E-state index >= 15 is 0 Å². The van der Waals surface area contributed by atoms with Crippen LogP contribution in [0.4, 0.5) is 11.5 Å². The van der Waals surface area contributed by atoms with Crippen molar-refractivity contribution < 1.29 is 14.1 Å². The van der Waals surface area contributed by atoms with Crippen molar-refractivity contribution in [3.8, 4) is 0 Å². The Labute approximate surface area is 152 Å². The number of carbonyl (C=O) groups excluding carboxylic acids is 2. The number of aromatic nitrogens is 1. The average Bonchev–Trinajstić information content (AvgIpc) is 3.01. The number of hydrogen-bond donors (Lipinski definition) is 2. The van der Waals surface area contributed by atoms with Crippen molar-refractivity contribution in [1.29, 1.82) is 0 Å². The summed E-state index contributed by atoms with van der Waals surface area (Å²) in [7, 11) is 0. The summed E-state index contributed by atoms with van der Waals surface area (Å²) in [5, 5.41) is 8.50. The largest absolute Gasteiger partial charge is 0.372 e. The summed E-state index contributed by atoms with van der Waals surface area (Å²) in [4.78, 5) is 25.9. The number of nitrogens with zero attached hydrogens (tertiary/aromatic N) is 2. The van der Waals surface area contributed by atoms with Crippen molar-refractivity contribution in [2.24, 2.45) is 0 Å². The zero-order valence-electron chi connectivity index (χ0n) is 14.7. The topological polar surface area (TPSA) is 87.5 Å². The predicted octanol–water partition coefficient (Wildman–Crippen LogP) is 2.35.